The molecule has 0 bridgehead atoms. The first-order chi connectivity index (χ1) is 9.07. The Morgan fingerprint density at radius 3 is 2.45 bits per heavy atom. The van der Waals surface area contributed by atoms with Crippen LogP contribution in [0.1, 0.15) is 37.6 Å². The minimum Gasteiger partial charge on any atom is -0.347 e. The van der Waals surface area contributed by atoms with E-state index in [4.69, 9.17) is 0 Å². The van der Waals surface area contributed by atoms with Crippen molar-refractivity contribution in [1.82, 2.24) is 5.32 Å². The molecule has 1 aromatic carbocycles. The highest BCUT2D eigenvalue weighted by molar-refractivity contribution is 7.92. The van der Waals surface area contributed by atoms with Gasteiger partial charge in [0.2, 0.25) is 10.0 Å². The second kappa shape index (κ2) is 5.83. The van der Waals surface area contributed by atoms with Crippen molar-refractivity contribution in [3.8, 4) is 0 Å². The van der Waals surface area contributed by atoms with Gasteiger partial charge in [-0.1, -0.05) is 13.0 Å². The van der Waals surface area contributed by atoms with E-state index < -0.39 is 10.0 Å². The first-order valence-electron chi connectivity index (χ1n) is 6.43. The lowest BCUT2D eigenvalue weighted by Gasteiger charge is -2.25. The molecule has 1 amide bonds. The highest BCUT2D eigenvalue weighted by Gasteiger charge is 2.20. The van der Waals surface area contributed by atoms with E-state index in [1.807, 2.05) is 20.8 Å². The lowest BCUT2D eigenvalue weighted by Crippen LogP contribution is -2.42. The predicted octanol–water partition coefficient (Wildman–Crippen LogP) is 2.00. The SMILES string of the molecule is CCC(C)(C)NC(=O)c1cccc(N(C)S(C)(=O)=O)c1. The molecule has 0 saturated heterocycles. The molecule has 0 fully saturated rings. The number of hydrogen-bond donors (Lipinski definition) is 1. The van der Waals surface area contributed by atoms with Crippen LogP contribution in [0.15, 0.2) is 24.3 Å². The number of sulfonamides is 1. The summed E-state index contributed by atoms with van der Waals surface area (Å²) in [6.07, 6.45) is 1.93. The van der Waals surface area contributed by atoms with E-state index >= 15 is 0 Å². The summed E-state index contributed by atoms with van der Waals surface area (Å²) in [5, 5.41) is 2.92. The molecule has 0 spiro atoms. The first-order valence-corrected chi connectivity index (χ1v) is 8.28. The highest BCUT2D eigenvalue weighted by atomic mass is 32.2. The van der Waals surface area contributed by atoms with Crippen LogP contribution in [-0.4, -0.2) is 33.2 Å². The van der Waals surface area contributed by atoms with E-state index in [0.717, 1.165) is 17.0 Å². The van der Waals surface area contributed by atoms with E-state index in [9.17, 15) is 13.2 Å². The second-order valence-electron chi connectivity index (χ2n) is 5.47. The fourth-order valence-corrected chi connectivity index (χ4v) is 2.00. The molecule has 0 aliphatic carbocycles. The maximum atomic E-state index is 12.2. The number of amides is 1. The lowest BCUT2D eigenvalue weighted by atomic mass is 10.0. The molecule has 112 valence electrons. The van der Waals surface area contributed by atoms with E-state index in [1.165, 1.54) is 7.05 Å². The van der Waals surface area contributed by atoms with Gasteiger partial charge in [-0.3, -0.25) is 9.10 Å². The van der Waals surface area contributed by atoms with E-state index in [-0.39, 0.29) is 11.4 Å². The van der Waals surface area contributed by atoms with Crippen molar-refractivity contribution in [3.63, 3.8) is 0 Å². The third-order valence-corrected chi connectivity index (χ3v) is 4.51. The van der Waals surface area contributed by atoms with Crippen LogP contribution in [-0.2, 0) is 10.0 Å². The molecule has 6 heteroatoms. The summed E-state index contributed by atoms with van der Waals surface area (Å²) in [6.45, 7) is 5.88. The molecule has 0 aromatic heterocycles. The van der Waals surface area contributed by atoms with Crippen LogP contribution in [0.4, 0.5) is 5.69 Å². The zero-order chi connectivity index (χ0) is 15.6. The molecule has 1 N–H and O–H groups in total. The average molecular weight is 298 g/mol. The summed E-state index contributed by atoms with van der Waals surface area (Å²) in [7, 11) is -1.88. The van der Waals surface area contributed by atoms with Crippen LogP contribution in [0, 0.1) is 0 Å². The molecular formula is C14H22N2O3S. The Bertz CT molecular complexity index is 594. The van der Waals surface area contributed by atoms with Gasteiger partial charge in [-0.05, 0) is 38.5 Å². The Labute approximate surface area is 121 Å². The van der Waals surface area contributed by atoms with Crippen molar-refractivity contribution in [2.24, 2.45) is 0 Å². The summed E-state index contributed by atoms with van der Waals surface area (Å²) in [5.74, 6) is -0.208. The van der Waals surface area contributed by atoms with Gasteiger partial charge in [0.15, 0.2) is 0 Å². The molecule has 0 atom stereocenters. The van der Waals surface area contributed by atoms with Gasteiger partial charge < -0.3 is 5.32 Å². The number of hydrogen-bond acceptors (Lipinski definition) is 3. The van der Waals surface area contributed by atoms with Crippen molar-refractivity contribution in [2.75, 3.05) is 17.6 Å². The number of nitrogens with one attached hydrogen (secondary N) is 1. The lowest BCUT2D eigenvalue weighted by molar-refractivity contribution is 0.0911. The monoisotopic (exact) mass is 298 g/mol. The molecule has 0 radical (unpaired) electrons. The predicted molar refractivity (Wildman–Crippen MR) is 81.5 cm³/mol. The fourth-order valence-electron chi connectivity index (χ4n) is 1.50. The number of rotatable bonds is 5. The summed E-state index contributed by atoms with van der Waals surface area (Å²) in [4.78, 5) is 12.2. The zero-order valence-electron chi connectivity index (χ0n) is 12.6. The van der Waals surface area contributed by atoms with Gasteiger partial charge in [0, 0.05) is 18.2 Å². The molecule has 1 aromatic rings. The average Bonchev–Trinajstić information content (AvgIpc) is 2.36. The topological polar surface area (TPSA) is 66.5 Å². The summed E-state index contributed by atoms with van der Waals surface area (Å²) in [5.41, 5.74) is 0.615. The first kappa shape index (κ1) is 16.5. The summed E-state index contributed by atoms with van der Waals surface area (Å²) >= 11 is 0. The van der Waals surface area contributed by atoms with Crippen LogP contribution < -0.4 is 9.62 Å². The van der Waals surface area contributed by atoms with Gasteiger partial charge in [-0.2, -0.15) is 0 Å². The third kappa shape index (κ3) is 4.23. The van der Waals surface area contributed by atoms with Crippen LogP contribution >= 0.6 is 0 Å². The standard InChI is InChI=1S/C14H22N2O3S/c1-6-14(2,3)15-13(17)11-8-7-9-12(10-11)16(4)20(5,18)19/h7-10H,6H2,1-5H3,(H,15,17). The van der Waals surface area contributed by atoms with Crippen LogP contribution in [0.3, 0.4) is 0 Å². The molecule has 5 nitrogen and oxygen atoms in total. The largest absolute Gasteiger partial charge is 0.347 e. The molecule has 0 unspecified atom stereocenters. The van der Waals surface area contributed by atoms with Crippen LogP contribution in [0.25, 0.3) is 0 Å². The minimum atomic E-state index is -3.34. The van der Waals surface area contributed by atoms with Gasteiger partial charge in [0.1, 0.15) is 0 Å². The molecular weight excluding hydrogens is 276 g/mol. The van der Waals surface area contributed by atoms with Gasteiger partial charge in [0.25, 0.3) is 5.91 Å². The highest BCUT2D eigenvalue weighted by Crippen LogP contribution is 2.18. The van der Waals surface area contributed by atoms with Gasteiger partial charge in [-0.15, -0.1) is 0 Å². The number of carbonyl (C=O) groups is 1. The van der Waals surface area contributed by atoms with Crippen molar-refractivity contribution in [1.29, 1.82) is 0 Å². The number of anilines is 1. The van der Waals surface area contributed by atoms with Gasteiger partial charge in [0.05, 0.1) is 11.9 Å². The Hall–Kier alpha value is -1.56. The van der Waals surface area contributed by atoms with Gasteiger partial charge in [-0.25, -0.2) is 8.42 Å². The molecule has 1 rings (SSSR count). The van der Waals surface area contributed by atoms with E-state index in [0.29, 0.717) is 11.3 Å². The molecule has 0 aliphatic rings. The summed E-state index contributed by atoms with van der Waals surface area (Å²) < 4.78 is 24.2. The van der Waals surface area contributed by atoms with E-state index in [2.05, 4.69) is 5.32 Å². The normalized spacial score (nSPS) is 12.1. The molecule has 0 aliphatic heterocycles. The second-order valence-corrected chi connectivity index (χ2v) is 7.49. The van der Waals surface area contributed by atoms with Crippen molar-refractivity contribution in [2.45, 2.75) is 32.7 Å². The molecule has 20 heavy (non-hydrogen) atoms. The van der Waals surface area contributed by atoms with Crippen molar-refractivity contribution in [3.05, 3.63) is 29.8 Å². The Morgan fingerprint density at radius 2 is 1.95 bits per heavy atom. The molecule has 0 saturated carbocycles. The number of benzene rings is 1. The van der Waals surface area contributed by atoms with Crippen molar-refractivity contribution >= 4 is 21.6 Å². The van der Waals surface area contributed by atoms with Crippen LogP contribution in [0.2, 0.25) is 0 Å². The van der Waals surface area contributed by atoms with Crippen LogP contribution in [0.5, 0.6) is 0 Å². The van der Waals surface area contributed by atoms with Crippen molar-refractivity contribution < 1.29 is 13.2 Å². The Kier molecular flexibility index (Phi) is 4.81. The smallest absolute Gasteiger partial charge is 0.251 e. The number of carbonyl (C=O) groups excluding carboxylic acids is 1. The molecule has 0 heterocycles. The maximum Gasteiger partial charge on any atom is 0.251 e. The summed E-state index contributed by atoms with van der Waals surface area (Å²) in [6, 6.07) is 6.57. The third-order valence-electron chi connectivity index (χ3n) is 3.31. The Morgan fingerprint density at radius 1 is 1.35 bits per heavy atom. The minimum absolute atomic E-state index is 0.208. The maximum absolute atomic E-state index is 12.2. The fraction of sp³-hybridized carbons (Fsp3) is 0.500. The zero-order valence-corrected chi connectivity index (χ0v) is 13.4. The quantitative estimate of drug-likeness (QED) is 0.904. The Balaban J connectivity index is 3.02. The number of nitrogens with zero attached hydrogens (tertiary/aromatic N) is 1. The van der Waals surface area contributed by atoms with E-state index in [1.54, 1.807) is 24.3 Å². The van der Waals surface area contributed by atoms with Gasteiger partial charge >= 0.3 is 0 Å².